The Morgan fingerprint density at radius 1 is 0.973 bits per heavy atom. The van der Waals surface area contributed by atoms with Gasteiger partial charge in [0.1, 0.15) is 5.60 Å². The summed E-state index contributed by atoms with van der Waals surface area (Å²) in [6.07, 6.45) is 8.21. The Hall–Kier alpha value is -1.15. The van der Waals surface area contributed by atoms with Crippen molar-refractivity contribution in [2.24, 2.45) is 11.8 Å². The molecule has 5 nitrogen and oxygen atoms in total. The summed E-state index contributed by atoms with van der Waals surface area (Å²) in [5.74, 6) is 1.38. The van der Waals surface area contributed by atoms with Gasteiger partial charge in [-0.1, -0.05) is 11.6 Å². The van der Waals surface area contributed by atoms with Crippen molar-refractivity contribution in [3.05, 3.63) is 60.7 Å². The van der Waals surface area contributed by atoms with Gasteiger partial charge in [0, 0.05) is 28.2 Å². The van der Waals surface area contributed by atoms with Crippen molar-refractivity contribution in [1.82, 2.24) is 14.8 Å². The standard InChI is InChI=1S/C29H36Br2ClN3O2/c1-29(2,3)37-28(36)35-12-8-19(9-13-35)18-6-10-34(11-7-18)27-23-16-24(31)25(32)15-20(23)4-5-21-14-22(30)17-33-26(21)27/h14-19,27H,4-13H2,1-3H3. The van der Waals surface area contributed by atoms with Crippen molar-refractivity contribution in [3.63, 3.8) is 0 Å². The number of likely N-dealkylation sites (tertiary alicyclic amines) is 2. The number of ether oxygens (including phenoxy) is 1. The van der Waals surface area contributed by atoms with Crippen LogP contribution < -0.4 is 0 Å². The molecule has 2 saturated heterocycles. The van der Waals surface area contributed by atoms with Crippen LogP contribution in [0.5, 0.6) is 0 Å². The van der Waals surface area contributed by atoms with Crippen LogP contribution in [0.1, 0.15) is 74.9 Å². The molecule has 1 aromatic heterocycles. The highest BCUT2D eigenvalue weighted by Gasteiger charge is 2.36. The number of aryl methyl sites for hydroxylation is 2. The van der Waals surface area contributed by atoms with Crippen molar-refractivity contribution < 1.29 is 9.53 Å². The number of rotatable bonds is 2. The number of fused-ring (bicyclic) bond motifs is 2. The van der Waals surface area contributed by atoms with Gasteiger partial charge in [-0.25, -0.2) is 4.79 Å². The molecule has 200 valence electrons. The molecule has 5 rings (SSSR count). The summed E-state index contributed by atoms with van der Waals surface area (Å²) in [6.45, 7) is 9.50. The van der Waals surface area contributed by atoms with Gasteiger partial charge in [0.05, 0.1) is 16.8 Å². The Bertz CT molecular complexity index is 1150. The maximum atomic E-state index is 12.5. The van der Waals surface area contributed by atoms with Crippen LogP contribution in [0, 0.1) is 11.8 Å². The summed E-state index contributed by atoms with van der Waals surface area (Å²) in [5, 5.41) is 0.772. The lowest BCUT2D eigenvalue weighted by molar-refractivity contribution is 0.0129. The smallest absolute Gasteiger partial charge is 0.410 e. The molecule has 2 fully saturated rings. The number of carbonyl (C=O) groups excluding carboxylic acids is 1. The van der Waals surface area contributed by atoms with E-state index >= 15 is 0 Å². The molecule has 3 heterocycles. The van der Waals surface area contributed by atoms with Crippen LogP contribution in [-0.2, 0) is 17.6 Å². The predicted molar refractivity (Wildman–Crippen MR) is 155 cm³/mol. The van der Waals surface area contributed by atoms with Crippen molar-refractivity contribution in [2.45, 2.75) is 70.9 Å². The summed E-state index contributed by atoms with van der Waals surface area (Å²) in [6, 6.07) is 6.74. The fourth-order valence-electron chi connectivity index (χ4n) is 6.33. The molecule has 37 heavy (non-hydrogen) atoms. The van der Waals surface area contributed by atoms with Crippen molar-refractivity contribution in [2.75, 3.05) is 26.2 Å². The third kappa shape index (κ3) is 6.21. The summed E-state index contributed by atoms with van der Waals surface area (Å²) in [5.41, 5.74) is 4.71. The Morgan fingerprint density at radius 3 is 2.24 bits per heavy atom. The lowest BCUT2D eigenvalue weighted by Gasteiger charge is -2.42. The molecule has 0 N–H and O–H groups in total. The first-order valence-electron chi connectivity index (χ1n) is 13.4. The van der Waals surface area contributed by atoms with E-state index in [-0.39, 0.29) is 12.1 Å². The zero-order valence-corrected chi connectivity index (χ0v) is 25.8. The molecule has 0 spiro atoms. The van der Waals surface area contributed by atoms with Crippen molar-refractivity contribution in [3.8, 4) is 0 Å². The maximum absolute atomic E-state index is 12.5. The molecule has 2 aliphatic heterocycles. The number of benzene rings is 1. The quantitative estimate of drug-likeness (QED) is 0.332. The van der Waals surface area contributed by atoms with E-state index in [9.17, 15) is 4.79 Å². The number of hydrogen-bond acceptors (Lipinski definition) is 4. The first-order chi connectivity index (χ1) is 17.6. The number of pyridine rings is 1. The van der Waals surface area contributed by atoms with Crippen LogP contribution in [0.2, 0.25) is 5.02 Å². The second-order valence-electron chi connectivity index (χ2n) is 11.7. The molecule has 8 heteroatoms. The molecule has 3 aliphatic rings. The molecule has 0 radical (unpaired) electrons. The van der Waals surface area contributed by atoms with Crippen LogP contribution in [0.3, 0.4) is 0 Å². The molecule has 0 saturated carbocycles. The van der Waals surface area contributed by atoms with Crippen LogP contribution in [0.25, 0.3) is 0 Å². The second kappa shape index (κ2) is 11.1. The Labute approximate surface area is 242 Å². The minimum Gasteiger partial charge on any atom is -0.444 e. The molecule has 1 aliphatic carbocycles. The van der Waals surface area contributed by atoms with E-state index in [2.05, 4.69) is 55.0 Å². The largest absolute Gasteiger partial charge is 0.444 e. The molecule has 1 unspecified atom stereocenters. The van der Waals surface area contributed by atoms with Crippen LogP contribution in [0.4, 0.5) is 4.79 Å². The number of piperidine rings is 2. The molecule has 1 amide bonds. The van der Waals surface area contributed by atoms with E-state index in [1.807, 2.05) is 31.9 Å². The van der Waals surface area contributed by atoms with Crippen LogP contribution in [-0.4, -0.2) is 52.7 Å². The maximum Gasteiger partial charge on any atom is 0.410 e. The highest BCUT2D eigenvalue weighted by atomic mass is 79.9. The van der Waals surface area contributed by atoms with Crippen molar-refractivity contribution in [1.29, 1.82) is 0 Å². The molecular formula is C29H36Br2ClN3O2. The second-order valence-corrected chi connectivity index (χ2v) is 13.9. The fourth-order valence-corrected chi connectivity index (χ4v) is 7.25. The van der Waals surface area contributed by atoms with Gasteiger partial charge in [-0.3, -0.25) is 9.88 Å². The van der Waals surface area contributed by atoms with E-state index in [4.69, 9.17) is 21.3 Å². The molecule has 0 bridgehead atoms. The Morgan fingerprint density at radius 2 is 1.59 bits per heavy atom. The average molecular weight is 654 g/mol. The Balaban J connectivity index is 1.29. The van der Waals surface area contributed by atoms with Gasteiger partial charge >= 0.3 is 6.09 Å². The summed E-state index contributed by atoms with van der Waals surface area (Å²) >= 11 is 13.8. The summed E-state index contributed by atoms with van der Waals surface area (Å²) < 4.78 is 7.57. The van der Waals surface area contributed by atoms with E-state index in [0.29, 0.717) is 11.8 Å². The predicted octanol–water partition coefficient (Wildman–Crippen LogP) is 7.81. The average Bonchev–Trinajstić information content (AvgIpc) is 3.00. The number of amides is 1. The minimum atomic E-state index is -0.443. The van der Waals surface area contributed by atoms with E-state index < -0.39 is 5.60 Å². The normalized spacial score (nSPS) is 21.8. The third-order valence-electron chi connectivity index (χ3n) is 8.16. The topological polar surface area (TPSA) is 45.7 Å². The Kier molecular flexibility index (Phi) is 8.26. The first-order valence-corrected chi connectivity index (χ1v) is 15.4. The lowest BCUT2D eigenvalue weighted by atomic mass is 9.78. The molecule has 2 aromatic rings. The van der Waals surface area contributed by atoms with Gasteiger partial charge in [-0.15, -0.1) is 0 Å². The van der Waals surface area contributed by atoms with Gasteiger partial charge < -0.3 is 9.64 Å². The highest BCUT2D eigenvalue weighted by molar-refractivity contribution is 9.10. The number of hydrogen-bond donors (Lipinski definition) is 0. The molecular weight excluding hydrogens is 618 g/mol. The first kappa shape index (κ1) is 27.4. The van der Waals surface area contributed by atoms with Gasteiger partial charge in [0.25, 0.3) is 0 Å². The molecule has 1 aromatic carbocycles. The van der Waals surface area contributed by atoms with E-state index in [1.54, 1.807) is 0 Å². The minimum absolute atomic E-state index is 0.143. The van der Waals surface area contributed by atoms with Crippen LogP contribution in [0.15, 0.2) is 33.3 Å². The number of aromatic nitrogens is 1. The van der Waals surface area contributed by atoms with Gasteiger partial charge in [0.15, 0.2) is 0 Å². The highest BCUT2D eigenvalue weighted by Crippen LogP contribution is 2.42. The van der Waals surface area contributed by atoms with Crippen molar-refractivity contribution >= 4 is 49.6 Å². The van der Waals surface area contributed by atoms with Gasteiger partial charge in [-0.2, -0.15) is 0 Å². The van der Waals surface area contributed by atoms with E-state index in [1.165, 1.54) is 35.2 Å². The third-order valence-corrected chi connectivity index (χ3v) is 9.80. The SMILES string of the molecule is CC(C)(C)OC(=O)N1CCC(C2CCN(C3c4cc(Br)c(Cl)cc4CCc4cc(Br)cnc43)CC2)CC1. The molecule has 1 atom stereocenters. The number of nitrogens with zero attached hydrogens (tertiary/aromatic N) is 3. The summed E-state index contributed by atoms with van der Waals surface area (Å²) in [7, 11) is 0. The van der Waals surface area contributed by atoms with Gasteiger partial charge in [-0.05, 0) is 151 Å². The number of carbonyl (C=O) groups is 1. The lowest BCUT2D eigenvalue weighted by Crippen LogP contribution is -2.45. The zero-order chi connectivity index (χ0) is 26.3. The van der Waals surface area contributed by atoms with Gasteiger partial charge in [0.2, 0.25) is 0 Å². The zero-order valence-electron chi connectivity index (χ0n) is 21.9. The summed E-state index contributed by atoms with van der Waals surface area (Å²) in [4.78, 5) is 22.0. The monoisotopic (exact) mass is 651 g/mol. The fraction of sp³-hybridized carbons (Fsp3) is 0.586. The van der Waals surface area contributed by atoms with E-state index in [0.717, 1.165) is 65.8 Å². The number of halogens is 3. The van der Waals surface area contributed by atoms with Crippen LogP contribution >= 0.6 is 43.5 Å².